The van der Waals surface area contributed by atoms with Crippen molar-refractivity contribution in [3.63, 3.8) is 0 Å². The summed E-state index contributed by atoms with van der Waals surface area (Å²) in [5.74, 6) is -0.0116. The molecule has 0 spiro atoms. The Labute approximate surface area is 165 Å². The highest BCUT2D eigenvalue weighted by Gasteiger charge is 2.34. The van der Waals surface area contributed by atoms with E-state index >= 15 is 0 Å². The lowest BCUT2D eigenvalue weighted by Crippen LogP contribution is -2.43. The maximum atomic E-state index is 13.3. The van der Waals surface area contributed by atoms with Gasteiger partial charge in [-0.2, -0.15) is 0 Å². The van der Waals surface area contributed by atoms with E-state index in [1.54, 1.807) is 24.3 Å². The van der Waals surface area contributed by atoms with Crippen LogP contribution < -0.4 is 10.1 Å². The number of ether oxygens (including phenoxy) is 1. The lowest BCUT2D eigenvalue weighted by atomic mass is 9.69. The van der Waals surface area contributed by atoms with Gasteiger partial charge in [0.05, 0.1) is 0 Å². The third-order valence-electron chi connectivity index (χ3n) is 5.50. The first-order valence-electron chi connectivity index (χ1n) is 9.75. The number of amides is 1. The molecule has 1 aliphatic carbocycles. The first-order valence-corrected chi connectivity index (χ1v) is 9.75. The highest BCUT2D eigenvalue weighted by Crippen LogP contribution is 2.39. The van der Waals surface area contributed by atoms with Crippen LogP contribution in [-0.4, -0.2) is 24.8 Å². The van der Waals surface area contributed by atoms with E-state index in [-0.39, 0.29) is 29.5 Å². The van der Waals surface area contributed by atoms with E-state index in [1.807, 2.05) is 12.1 Å². The summed E-state index contributed by atoms with van der Waals surface area (Å²) in [6.45, 7) is 1.89. The minimum atomic E-state index is -0.250. The number of rotatable bonds is 7. The van der Waals surface area contributed by atoms with Gasteiger partial charge in [0.2, 0.25) is 0 Å². The Morgan fingerprint density at radius 2 is 1.79 bits per heavy atom. The molecule has 1 N–H and O–H groups in total. The van der Waals surface area contributed by atoms with Gasteiger partial charge >= 0.3 is 0 Å². The van der Waals surface area contributed by atoms with E-state index in [1.165, 1.54) is 25.5 Å². The lowest BCUT2D eigenvalue weighted by Gasteiger charge is -2.38. The Morgan fingerprint density at radius 1 is 1.07 bits per heavy atom. The van der Waals surface area contributed by atoms with Gasteiger partial charge in [-0.05, 0) is 49.6 Å². The number of carbonyl (C=O) groups excluding carboxylic acids is 2. The zero-order valence-electron chi connectivity index (χ0n) is 16.2. The molecule has 2 aromatic carbocycles. The molecule has 1 aliphatic rings. The van der Waals surface area contributed by atoms with Crippen LogP contribution in [0.25, 0.3) is 0 Å². The Kier molecular flexibility index (Phi) is 6.45. The smallest absolute Gasteiger partial charge is 0.257 e. The van der Waals surface area contributed by atoms with Crippen LogP contribution in [0.4, 0.5) is 4.39 Å². The molecular weight excluding hydrogens is 357 g/mol. The molecule has 4 nitrogen and oxygen atoms in total. The summed E-state index contributed by atoms with van der Waals surface area (Å²) >= 11 is 0. The topological polar surface area (TPSA) is 55.4 Å². The second kappa shape index (κ2) is 9.00. The molecule has 1 saturated carbocycles. The summed E-state index contributed by atoms with van der Waals surface area (Å²) in [5, 5.41) is 2.99. The number of ketones is 1. The van der Waals surface area contributed by atoms with Gasteiger partial charge in [-0.15, -0.1) is 0 Å². The molecule has 28 heavy (non-hydrogen) atoms. The fraction of sp³-hybridized carbons (Fsp3) is 0.391. The molecule has 148 valence electrons. The molecule has 0 radical (unpaired) electrons. The monoisotopic (exact) mass is 383 g/mol. The van der Waals surface area contributed by atoms with Gasteiger partial charge in [0.25, 0.3) is 5.91 Å². The maximum absolute atomic E-state index is 13.3. The molecule has 5 heteroatoms. The maximum Gasteiger partial charge on any atom is 0.257 e. The van der Waals surface area contributed by atoms with Crippen LogP contribution in [-0.2, 0) is 10.2 Å². The molecular formula is C23H26FNO3. The van der Waals surface area contributed by atoms with E-state index in [0.717, 1.165) is 31.2 Å². The molecule has 1 fully saturated rings. The predicted octanol–water partition coefficient (Wildman–Crippen LogP) is 4.43. The summed E-state index contributed by atoms with van der Waals surface area (Å²) in [4.78, 5) is 23.8. The molecule has 0 atom stereocenters. The van der Waals surface area contributed by atoms with Crippen LogP contribution in [0.1, 0.15) is 54.9 Å². The average Bonchev–Trinajstić information content (AvgIpc) is 2.72. The van der Waals surface area contributed by atoms with Crippen molar-refractivity contribution in [2.75, 3.05) is 13.2 Å². The number of carbonyl (C=O) groups is 2. The van der Waals surface area contributed by atoms with Crippen LogP contribution in [0.15, 0.2) is 48.5 Å². The molecule has 0 saturated heterocycles. The molecule has 0 bridgehead atoms. The predicted molar refractivity (Wildman–Crippen MR) is 106 cm³/mol. The lowest BCUT2D eigenvalue weighted by molar-refractivity contribution is -0.123. The summed E-state index contributed by atoms with van der Waals surface area (Å²) in [6, 6.07) is 13.4. The molecule has 0 unspecified atom stereocenters. The minimum absolute atomic E-state index is 0.0477. The first-order chi connectivity index (χ1) is 13.5. The zero-order valence-corrected chi connectivity index (χ0v) is 16.2. The number of hydrogen-bond acceptors (Lipinski definition) is 3. The van der Waals surface area contributed by atoms with E-state index in [4.69, 9.17) is 4.74 Å². The van der Waals surface area contributed by atoms with Crippen LogP contribution in [0.2, 0.25) is 0 Å². The van der Waals surface area contributed by atoms with Crippen LogP contribution >= 0.6 is 0 Å². The number of hydrogen-bond donors (Lipinski definition) is 1. The highest BCUT2D eigenvalue weighted by molar-refractivity contribution is 5.94. The third-order valence-corrected chi connectivity index (χ3v) is 5.50. The summed E-state index contributed by atoms with van der Waals surface area (Å²) in [6.07, 6.45) is 5.33. The fourth-order valence-corrected chi connectivity index (χ4v) is 3.87. The van der Waals surface area contributed by atoms with Crippen molar-refractivity contribution >= 4 is 11.7 Å². The SMILES string of the molecule is CC(=O)c1cccc(OCC(=O)NCC2(c3ccc(F)cc3)CCCCC2)c1. The second-order valence-corrected chi connectivity index (χ2v) is 7.50. The van der Waals surface area contributed by atoms with Crippen molar-refractivity contribution in [2.45, 2.75) is 44.4 Å². The summed E-state index contributed by atoms with van der Waals surface area (Å²) in [5.41, 5.74) is 1.47. The molecule has 0 heterocycles. The Morgan fingerprint density at radius 3 is 2.46 bits per heavy atom. The third kappa shape index (κ3) is 4.97. The van der Waals surface area contributed by atoms with Gasteiger partial charge in [-0.25, -0.2) is 4.39 Å². The second-order valence-electron chi connectivity index (χ2n) is 7.50. The van der Waals surface area contributed by atoms with Crippen LogP contribution in [0.5, 0.6) is 5.75 Å². The van der Waals surface area contributed by atoms with E-state index < -0.39 is 0 Å². The van der Waals surface area contributed by atoms with Crippen molar-refractivity contribution in [3.05, 3.63) is 65.5 Å². The quantitative estimate of drug-likeness (QED) is 0.720. The largest absolute Gasteiger partial charge is 0.484 e. The van der Waals surface area contributed by atoms with Crippen molar-refractivity contribution in [1.29, 1.82) is 0 Å². The van der Waals surface area contributed by atoms with Crippen LogP contribution in [0, 0.1) is 5.82 Å². The van der Waals surface area contributed by atoms with Crippen molar-refractivity contribution < 1.29 is 18.7 Å². The highest BCUT2D eigenvalue weighted by atomic mass is 19.1. The van der Waals surface area contributed by atoms with Crippen LogP contribution in [0.3, 0.4) is 0 Å². The zero-order chi connectivity index (χ0) is 20.0. The minimum Gasteiger partial charge on any atom is -0.484 e. The van der Waals surface area contributed by atoms with Gasteiger partial charge < -0.3 is 10.1 Å². The van der Waals surface area contributed by atoms with Gasteiger partial charge in [-0.1, -0.05) is 43.5 Å². The Bertz CT molecular complexity index is 826. The van der Waals surface area contributed by atoms with Gasteiger partial charge in [0.15, 0.2) is 12.4 Å². The van der Waals surface area contributed by atoms with Gasteiger partial charge in [0, 0.05) is 17.5 Å². The first kappa shape index (κ1) is 20.1. The van der Waals surface area contributed by atoms with Crippen molar-refractivity contribution in [3.8, 4) is 5.75 Å². The van der Waals surface area contributed by atoms with Gasteiger partial charge in [-0.3, -0.25) is 9.59 Å². The molecule has 3 rings (SSSR count). The van der Waals surface area contributed by atoms with E-state index in [0.29, 0.717) is 17.9 Å². The van der Waals surface area contributed by atoms with E-state index in [2.05, 4.69) is 5.32 Å². The Balaban J connectivity index is 1.60. The summed E-state index contributed by atoms with van der Waals surface area (Å²) < 4.78 is 18.9. The summed E-state index contributed by atoms with van der Waals surface area (Å²) in [7, 11) is 0. The molecule has 2 aromatic rings. The Hall–Kier alpha value is -2.69. The van der Waals surface area contributed by atoms with Gasteiger partial charge in [0.1, 0.15) is 11.6 Å². The molecule has 0 aliphatic heterocycles. The average molecular weight is 383 g/mol. The number of nitrogens with one attached hydrogen (secondary N) is 1. The standard InChI is InChI=1S/C23H26FNO3/c1-17(26)18-6-5-7-21(14-18)28-15-22(27)25-16-23(12-3-2-4-13-23)19-8-10-20(24)11-9-19/h5-11,14H,2-4,12-13,15-16H2,1H3,(H,25,27). The van der Waals surface area contributed by atoms with Crippen molar-refractivity contribution in [2.24, 2.45) is 0 Å². The number of Topliss-reactive ketones (excluding diaryl/α,β-unsaturated/α-hetero) is 1. The fourth-order valence-electron chi connectivity index (χ4n) is 3.87. The molecule has 1 amide bonds. The number of benzene rings is 2. The number of halogens is 1. The molecule has 0 aromatic heterocycles. The van der Waals surface area contributed by atoms with Crippen molar-refractivity contribution in [1.82, 2.24) is 5.32 Å². The van der Waals surface area contributed by atoms with E-state index in [9.17, 15) is 14.0 Å². The normalized spacial score (nSPS) is 15.6.